The monoisotopic (exact) mass is 234 g/mol. The minimum Gasteiger partial charge on any atom is -0.224 e. The van der Waals surface area contributed by atoms with Crippen LogP contribution < -0.4 is 0 Å². The van der Waals surface area contributed by atoms with Crippen molar-refractivity contribution in [1.82, 2.24) is 0 Å². The first kappa shape index (κ1) is 8.74. The van der Waals surface area contributed by atoms with Crippen molar-refractivity contribution in [3.63, 3.8) is 0 Å². The van der Waals surface area contributed by atoms with Gasteiger partial charge >= 0.3 is 0 Å². The van der Waals surface area contributed by atoms with Crippen LogP contribution >= 0.6 is 15.9 Å². The van der Waals surface area contributed by atoms with E-state index in [-0.39, 0.29) is 0 Å². The number of halogens is 1. The fourth-order valence-electron chi connectivity index (χ4n) is 0.698. The van der Waals surface area contributed by atoms with Crippen molar-refractivity contribution in [2.45, 2.75) is 4.90 Å². The second-order valence-electron chi connectivity index (χ2n) is 2.23. The first-order chi connectivity index (χ1) is 5.00. The Hall–Kier alpha value is -0.350. The third kappa shape index (κ3) is 2.31. The molecule has 0 unspecified atom stereocenters. The summed E-state index contributed by atoms with van der Waals surface area (Å²) in [6, 6.07) is 6.63. The zero-order valence-corrected chi connectivity index (χ0v) is 8.31. The highest BCUT2D eigenvalue weighted by molar-refractivity contribution is 9.10. The Morgan fingerprint density at radius 3 is 2.36 bits per heavy atom. The second-order valence-corrected chi connectivity index (χ2v) is 5.16. The lowest BCUT2D eigenvalue weighted by atomic mass is 10.4. The van der Waals surface area contributed by atoms with Gasteiger partial charge in [0.1, 0.15) is 0 Å². The van der Waals surface area contributed by atoms with Crippen LogP contribution in [0.4, 0.5) is 0 Å². The highest BCUT2D eigenvalue weighted by Crippen LogP contribution is 2.15. The van der Waals surface area contributed by atoms with Crippen LogP contribution in [-0.4, -0.2) is 14.7 Å². The highest BCUT2D eigenvalue weighted by Gasteiger charge is 2.05. The molecule has 0 amide bonds. The van der Waals surface area contributed by atoms with Crippen molar-refractivity contribution in [3.05, 3.63) is 28.7 Å². The normalized spacial score (nSPS) is 11.5. The number of sulfone groups is 1. The Kier molecular flexibility index (Phi) is 2.34. The Bertz CT molecular complexity index is 356. The maximum Gasteiger partial charge on any atom is 0.175 e. The summed E-state index contributed by atoms with van der Waals surface area (Å²) in [4.78, 5) is 0.340. The largest absolute Gasteiger partial charge is 0.224 e. The molecule has 60 valence electrons. The topological polar surface area (TPSA) is 34.1 Å². The number of hydrogen-bond acceptors (Lipinski definition) is 2. The molecule has 0 saturated carbocycles. The molecule has 1 aromatic rings. The molecule has 11 heavy (non-hydrogen) atoms. The summed E-state index contributed by atoms with van der Waals surface area (Å²) in [6.45, 7) is 0. The molecule has 1 aromatic carbocycles. The predicted molar refractivity (Wildman–Crippen MR) is 47.3 cm³/mol. The third-order valence-electron chi connectivity index (χ3n) is 1.22. The Labute approximate surface area is 74.3 Å². The van der Waals surface area contributed by atoms with Crippen molar-refractivity contribution in [2.75, 3.05) is 6.26 Å². The van der Waals surface area contributed by atoms with Crippen LogP contribution in [0.5, 0.6) is 0 Å². The smallest absolute Gasteiger partial charge is 0.175 e. The number of rotatable bonds is 1. The van der Waals surface area contributed by atoms with Crippen LogP contribution in [0.1, 0.15) is 0 Å². The quantitative estimate of drug-likeness (QED) is 0.744. The van der Waals surface area contributed by atoms with Gasteiger partial charge in [-0.25, -0.2) is 8.42 Å². The van der Waals surface area contributed by atoms with Gasteiger partial charge in [-0.05, 0) is 18.2 Å². The molecule has 0 aliphatic heterocycles. The van der Waals surface area contributed by atoms with Crippen LogP contribution in [0.2, 0.25) is 0 Å². The molecule has 0 aromatic heterocycles. The van der Waals surface area contributed by atoms with E-state index in [0.29, 0.717) is 4.90 Å². The van der Waals surface area contributed by atoms with Crippen molar-refractivity contribution >= 4 is 25.8 Å². The van der Waals surface area contributed by atoms with Crippen LogP contribution in [0.3, 0.4) is 0 Å². The van der Waals surface area contributed by atoms with Crippen LogP contribution in [0.15, 0.2) is 33.6 Å². The molecule has 0 atom stereocenters. The van der Waals surface area contributed by atoms with Gasteiger partial charge in [0.2, 0.25) is 0 Å². The van der Waals surface area contributed by atoms with Gasteiger partial charge in [0, 0.05) is 10.7 Å². The van der Waals surface area contributed by atoms with Crippen molar-refractivity contribution in [3.8, 4) is 0 Å². The Morgan fingerprint density at radius 1 is 1.36 bits per heavy atom. The molecule has 0 aliphatic rings. The summed E-state index contributed by atoms with van der Waals surface area (Å²) in [6.07, 6.45) is 1.19. The molecule has 0 aliphatic carbocycles. The van der Waals surface area contributed by atoms with Gasteiger partial charge in [0.15, 0.2) is 9.84 Å². The van der Waals surface area contributed by atoms with E-state index < -0.39 is 9.84 Å². The molecule has 0 heterocycles. The maximum absolute atomic E-state index is 11.0. The van der Waals surface area contributed by atoms with Crippen LogP contribution in [0, 0.1) is 0 Å². The lowest BCUT2D eigenvalue weighted by Crippen LogP contribution is -1.95. The van der Waals surface area contributed by atoms with E-state index in [1.807, 2.05) is 0 Å². The minimum absolute atomic E-state index is 0.340. The van der Waals surface area contributed by atoms with Gasteiger partial charge in [-0.1, -0.05) is 22.0 Å². The summed E-state index contributed by atoms with van der Waals surface area (Å²) < 4.78 is 22.7. The number of hydrogen-bond donors (Lipinski definition) is 0. The molecule has 0 bridgehead atoms. The van der Waals surface area contributed by atoms with Gasteiger partial charge in [-0.2, -0.15) is 0 Å². The molecular formula is C7H7BrO2S. The first-order valence-corrected chi connectivity index (χ1v) is 5.64. The van der Waals surface area contributed by atoms with Gasteiger partial charge in [0.25, 0.3) is 0 Å². The Balaban J connectivity index is 3.28. The number of benzene rings is 1. The van der Waals surface area contributed by atoms with E-state index in [4.69, 9.17) is 0 Å². The van der Waals surface area contributed by atoms with Crippen molar-refractivity contribution < 1.29 is 8.42 Å². The molecule has 0 spiro atoms. The molecule has 0 saturated heterocycles. The summed E-state index contributed by atoms with van der Waals surface area (Å²) in [5.41, 5.74) is 0. The zero-order valence-electron chi connectivity index (χ0n) is 5.91. The van der Waals surface area contributed by atoms with Gasteiger partial charge in [-0.15, -0.1) is 0 Å². The fourth-order valence-corrected chi connectivity index (χ4v) is 1.92. The van der Waals surface area contributed by atoms with E-state index in [1.54, 1.807) is 24.3 Å². The lowest BCUT2D eigenvalue weighted by Gasteiger charge is -1.96. The van der Waals surface area contributed by atoms with E-state index in [2.05, 4.69) is 15.9 Å². The van der Waals surface area contributed by atoms with Gasteiger partial charge in [0.05, 0.1) is 4.90 Å². The average Bonchev–Trinajstić information content (AvgIpc) is 1.86. The maximum atomic E-state index is 11.0. The molecule has 0 radical (unpaired) electrons. The van der Waals surface area contributed by atoms with E-state index in [0.717, 1.165) is 4.47 Å². The van der Waals surface area contributed by atoms with Crippen LogP contribution in [-0.2, 0) is 9.84 Å². The summed E-state index contributed by atoms with van der Waals surface area (Å²) in [5, 5.41) is 0. The summed E-state index contributed by atoms with van der Waals surface area (Å²) in [5.74, 6) is 0. The lowest BCUT2D eigenvalue weighted by molar-refractivity contribution is 0.602. The predicted octanol–water partition coefficient (Wildman–Crippen LogP) is 1.85. The summed E-state index contributed by atoms with van der Waals surface area (Å²) in [7, 11) is -3.06. The fraction of sp³-hybridized carbons (Fsp3) is 0.143. The average molecular weight is 235 g/mol. The molecule has 0 N–H and O–H groups in total. The molecule has 0 fully saturated rings. The van der Waals surface area contributed by atoms with E-state index in [1.165, 1.54) is 6.26 Å². The standard InChI is InChI=1S/C7H7BrO2S/c1-11(9,10)7-4-2-3-6(8)5-7/h2-5H,1H3. The first-order valence-electron chi connectivity index (χ1n) is 2.96. The van der Waals surface area contributed by atoms with Crippen LogP contribution in [0.25, 0.3) is 0 Å². The van der Waals surface area contributed by atoms with Gasteiger partial charge < -0.3 is 0 Å². The molecule has 4 heteroatoms. The van der Waals surface area contributed by atoms with Crippen molar-refractivity contribution in [2.24, 2.45) is 0 Å². The third-order valence-corrected chi connectivity index (χ3v) is 2.83. The minimum atomic E-state index is -3.06. The molecule has 1 rings (SSSR count). The van der Waals surface area contributed by atoms with Crippen molar-refractivity contribution in [1.29, 1.82) is 0 Å². The SMILES string of the molecule is CS(=O)(=O)c1cccc(Br)c1. The highest BCUT2D eigenvalue weighted by atomic mass is 79.9. The zero-order chi connectivity index (χ0) is 8.48. The molecule has 2 nitrogen and oxygen atoms in total. The van der Waals surface area contributed by atoms with E-state index >= 15 is 0 Å². The van der Waals surface area contributed by atoms with E-state index in [9.17, 15) is 8.42 Å². The Morgan fingerprint density at radius 2 is 2.00 bits per heavy atom. The molecular weight excluding hydrogens is 228 g/mol. The second kappa shape index (κ2) is 2.95. The van der Waals surface area contributed by atoms with Gasteiger partial charge in [-0.3, -0.25) is 0 Å². The summed E-state index contributed by atoms with van der Waals surface area (Å²) >= 11 is 3.19.